The van der Waals surface area contributed by atoms with Gasteiger partial charge in [0, 0.05) is 25.7 Å². The number of guanidine groups is 1. The highest BCUT2D eigenvalue weighted by Gasteiger charge is 2.22. The van der Waals surface area contributed by atoms with Gasteiger partial charge in [-0.2, -0.15) is 0 Å². The summed E-state index contributed by atoms with van der Waals surface area (Å²) in [7, 11) is 3.53. The van der Waals surface area contributed by atoms with E-state index in [-0.39, 0.29) is 12.5 Å². The minimum absolute atomic E-state index is 0.0336. The number of ether oxygens (including phenoxy) is 1. The first kappa shape index (κ1) is 20.5. The highest BCUT2D eigenvalue weighted by atomic mass is 16.5. The topological polar surface area (TPSA) is 66.0 Å². The fourth-order valence-corrected chi connectivity index (χ4v) is 3.34. The first-order valence-corrected chi connectivity index (χ1v) is 10.6. The summed E-state index contributed by atoms with van der Waals surface area (Å²) in [6.07, 6.45) is 8.67. The lowest BCUT2D eigenvalue weighted by Gasteiger charge is -2.25. The Morgan fingerprint density at radius 3 is 2.61 bits per heavy atom. The van der Waals surface area contributed by atoms with Crippen molar-refractivity contribution in [3.05, 3.63) is 29.8 Å². The van der Waals surface area contributed by atoms with Gasteiger partial charge in [-0.3, -0.25) is 4.79 Å². The average Bonchev–Trinajstić information content (AvgIpc) is 3.54. The Hall–Kier alpha value is -2.24. The summed E-state index contributed by atoms with van der Waals surface area (Å²) in [5.41, 5.74) is 1.08. The SMILES string of the molecule is CN(C)C(=O)CNC(=NCc1ccccc1OCC1CC1)NC1CCCCC1. The Balaban J connectivity index is 1.63. The zero-order valence-electron chi connectivity index (χ0n) is 17.2. The lowest BCUT2D eigenvalue weighted by Crippen LogP contribution is -2.47. The van der Waals surface area contributed by atoms with Gasteiger partial charge < -0.3 is 20.3 Å². The molecule has 0 atom stereocenters. The maximum atomic E-state index is 12.0. The molecule has 2 N–H and O–H groups in total. The van der Waals surface area contributed by atoms with Crippen LogP contribution in [0, 0.1) is 5.92 Å². The molecule has 2 fully saturated rings. The number of para-hydroxylation sites is 1. The van der Waals surface area contributed by atoms with E-state index in [0.717, 1.165) is 36.7 Å². The molecule has 1 aromatic rings. The number of rotatable bonds is 8. The number of aliphatic imine (C=N–C) groups is 1. The van der Waals surface area contributed by atoms with Gasteiger partial charge in [0.25, 0.3) is 0 Å². The molecule has 1 aromatic carbocycles. The first-order chi connectivity index (χ1) is 13.6. The highest BCUT2D eigenvalue weighted by Crippen LogP contribution is 2.30. The van der Waals surface area contributed by atoms with Gasteiger partial charge in [0.15, 0.2) is 5.96 Å². The summed E-state index contributed by atoms with van der Waals surface area (Å²) in [6, 6.07) is 8.53. The highest BCUT2D eigenvalue weighted by molar-refractivity contribution is 5.86. The maximum Gasteiger partial charge on any atom is 0.241 e. The van der Waals surface area contributed by atoms with Crippen molar-refractivity contribution >= 4 is 11.9 Å². The van der Waals surface area contributed by atoms with Crippen LogP contribution in [0.15, 0.2) is 29.3 Å². The molecule has 2 saturated carbocycles. The van der Waals surface area contributed by atoms with Gasteiger partial charge >= 0.3 is 0 Å². The number of carbonyl (C=O) groups excluding carboxylic acids is 1. The predicted molar refractivity (Wildman–Crippen MR) is 113 cm³/mol. The second-order valence-corrected chi connectivity index (χ2v) is 8.15. The smallest absolute Gasteiger partial charge is 0.241 e. The molecular weight excluding hydrogens is 352 g/mol. The second kappa shape index (κ2) is 10.3. The second-order valence-electron chi connectivity index (χ2n) is 8.15. The van der Waals surface area contributed by atoms with Crippen LogP contribution in [-0.2, 0) is 11.3 Å². The molecule has 0 saturated heterocycles. The van der Waals surface area contributed by atoms with E-state index in [1.165, 1.54) is 32.1 Å². The third-order valence-electron chi connectivity index (χ3n) is 5.40. The molecule has 0 aliphatic heterocycles. The number of nitrogens with zero attached hydrogens (tertiary/aromatic N) is 2. The van der Waals surface area contributed by atoms with Crippen LogP contribution in [0.3, 0.4) is 0 Å². The van der Waals surface area contributed by atoms with Crippen molar-refractivity contribution in [2.75, 3.05) is 27.2 Å². The Kier molecular flexibility index (Phi) is 7.57. The normalized spacial score (nSPS) is 17.9. The fraction of sp³-hybridized carbons (Fsp3) is 0.636. The zero-order valence-corrected chi connectivity index (χ0v) is 17.2. The van der Waals surface area contributed by atoms with Crippen molar-refractivity contribution in [3.8, 4) is 5.75 Å². The molecule has 2 aliphatic rings. The van der Waals surface area contributed by atoms with Crippen molar-refractivity contribution in [1.29, 1.82) is 0 Å². The van der Waals surface area contributed by atoms with Crippen LogP contribution < -0.4 is 15.4 Å². The number of likely N-dealkylation sites (N-methyl/N-ethyl adjacent to an activating group) is 1. The van der Waals surface area contributed by atoms with Gasteiger partial charge in [-0.05, 0) is 37.7 Å². The number of hydrogen-bond acceptors (Lipinski definition) is 3. The zero-order chi connectivity index (χ0) is 19.8. The minimum atomic E-state index is 0.0336. The van der Waals surface area contributed by atoms with E-state index in [1.807, 2.05) is 18.2 Å². The van der Waals surface area contributed by atoms with E-state index in [2.05, 4.69) is 16.7 Å². The molecule has 0 spiro atoms. The van der Waals surface area contributed by atoms with Gasteiger partial charge in [-0.1, -0.05) is 37.5 Å². The molecule has 154 valence electrons. The number of carbonyl (C=O) groups is 1. The standard InChI is InChI=1S/C22H34N4O2/c1-26(2)21(27)15-24-22(25-19-9-4-3-5-10-19)23-14-18-8-6-7-11-20(18)28-16-17-12-13-17/h6-8,11,17,19H,3-5,9-10,12-16H2,1-2H3,(H2,23,24,25). The van der Waals surface area contributed by atoms with Crippen molar-refractivity contribution in [1.82, 2.24) is 15.5 Å². The summed E-state index contributed by atoms with van der Waals surface area (Å²) < 4.78 is 6.00. The van der Waals surface area contributed by atoms with E-state index in [1.54, 1.807) is 19.0 Å². The summed E-state index contributed by atoms with van der Waals surface area (Å²) in [6.45, 7) is 1.56. The number of nitrogens with one attached hydrogen (secondary N) is 2. The Bertz CT molecular complexity index is 664. The molecular formula is C22H34N4O2. The molecule has 6 heteroatoms. The van der Waals surface area contributed by atoms with E-state index < -0.39 is 0 Å². The van der Waals surface area contributed by atoms with Crippen molar-refractivity contribution in [2.45, 2.75) is 57.5 Å². The van der Waals surface area contributed by atoms with Crippen molar-refractivity contribution in [3.63, 3.8) is 0 Å². The fourth-order valence-electron chi connectivity index (χ4n) is 3.34. The monoisotopic (exact) mass is 386 g/mol. The van der Waals surface area contributed by atoms with Crippen molar-refractivity contribution in [2.24, 2.45) is 10.9 Å². The van der Waals surface area contributed by atoms with Crippen LogP contribution in [0.2, 0.25) is 0 Å². The Morgan fingerprint density at radius 2 is 1.89 bits per heavy atom. The molecule has 0 heterocycles. The van der Waals surface area contributed by atoms with E-state index >= 15 is 0 Å². The van der Waals surface area contributed by atoms with Gasteiger partial charge in [0.1, 0.15) is 5.75 Å². The van der Waals surface area contributed by atoms with Crippen LogP contribution in [0.25, 0.3) is 0 Å². The van der Waals surface area contributed by atoms with Gasteiger partial charge in [0.05, 0.1) is 19.7 Å². The largest absolute Gasteiger partial charge is 0.493 e. The summed E-state index contributed by atoms with van der Waals surface area (Å²) in [5.74, 6) is 2.38. The lowest BCUT2D eigenvalue weighted by molar-refractivity contribution is -0.127. The Morgan fingerprint density at radius 1 is 1.14 bits per heavy atom. The number of amides is 1. The molecule has 1 amide bonds. The van der Waals surface area contributed by atoms with Gasteiger partial charge in [-0.15, -0.1) is 0 Å². The average molecular weight is 387 g/mol. The predicted octanol–water partition coefficient (Wildman–Crippen LogP) is 2.93. The van der Waals surface area contributed by atoms with Crippen LogP contribution in [0.5, 0.6) is 5.75 Å². The molecule has 28 heavy (non-hydrogen) atoms. The molecule has 0 unspecified atom stereocenters. The molecule has 0 bridgehead atoms. The lowest BCUT2D eigenvalue weighted by atomic mass is 9.96. The van der Waals surface area contributed by atoms with Crippen LogP contribution in [0.1, 0.15) is 50.5 Å². The Labute approximate surface area is 168 Å². The molecule has 6 nitrogen and oxygen atoms in total. The van der Waals surface area contributed by atoms with Crippen LogP contribution in [0.4, 0.5) is 0 Å². The molecule has 0 radical (unpaired) electrons. The molecule has 3 rings (SSSR count). The number of hydrogen-bond donors (Lipinski definition) is 2. The van der Waals surface area contributed by atoms with Crippen LogP contribution >= 0.6 is 0 Å². The summed E-state index contributed by atoms with van der Waals surface area (Å²) >= 11 is 0. The van der Waals surface area contributed by atoms with E-state index in [0.29, 0.717) is 18.5 Å². The third-order valence-corrected chi connectivity index (χ3v) is 5.40. The minimum Gasteiger partial charge on any atom is -0.493 e. The van der Waals surface area contributed by atoms with E-state index in [9.17, 15) is 4.79 Å². The van der Waals surface area contributed by atoms with Crippen molar-refractivity contribution < 1.29 is 9.53 Å². The van der Waals surface area contributed by atoms with Gasteiger partial charge in [0.2, 0.25) is 5.91 Å². The molecule has 0 aromatic heterocycles. The first-order valence-electron chi connectivity index (χ1n) is 10.6. The van der Waals surface area contributed by atoms with E-state index in [4.69, 9.17) is 9.73 Å². The molecule has 2 aliphatic carbocycles. The maximum absolute atomic E-state index is 12.0. The summed E-state index contributed by atoms with van der Waals surface area (Å²) in [4.78, 5) is 18.3. The quantitative estimate of drug-likeness (QED) is 0.533. The third kappa shape index (κ3) is 6.73. The number of benzene rings is 1. The van der Waals surface area contributed by atoms with Crippen LogP contribution in [-0.4, -0.2) is 50.1 Å². The van der Waals surface area contributed by atoms with Gasteiger partial charge in [-0.25, -0.2) is 4.99 Å². The summed E-state index contributed by atoms with van der Waals surface area (Å²) in [5, 5.41) is 6.73.